The molecule has 0 aromatic heterocycles. The van der Waals surface area contributed by atoms with Crippen LogP contribution < -0.4 is 0 Å². The van der Waals surface area contributed by atoms with Crippen LogP contribution in [0.1, 0.15) is 31.7 Å². The summed E-state index contributed by atoms with van der Waals surface area (Å²) in [5.74, 6) is -1.17. The molecule has 0 spiro atoms. The van der Waals surface area contributed by atoms with E-state index in [0.29, 0.717) is 17.9 Å². The molecule has 1 aliphatic carbocycles. The van der Waals surface area contributed by atoms with Crippen molar-refractivity contribution in [1.82, 2.24) is 0 Å². The Morgan fingerprint density at radius 2 is 2.12 bits per heavy atom. The summed E-state index contributed by atoms with van der Waals surface area (Å²) in [7, 11) is 0. The van der Waals surface area contributed by atoms with Crippen molar-refractivity contribution in [2.75, 3.05) is 0 Å². The normalized spacial score (nSPS) is 29.6. The van der Waals surface area contributed by atoms with Gasteiger partial charge < -0.3 is 5.11 Å². The number of hydrogen-bond acceptors (Lipinski definition) is 1. The van der Waals surface area contributed by atoms with Gasteiger partial charge in [0.2, 0.25) is 0 Å². The zero-order valence-corrected chi connectivity index (χ0v) is 9.34. The summed E-state index contributed by atoms with van der Waals surface area (Å²) in [6, 6.07) is 3.84. The van der Waals surface area contributed by atoms with Crippen molar-refractivity contribution in [2.45, 2.75) is 38.2 Å². The summed E-state index contributed by atoms with van der Waals surface area (Å²) in [4.78, 5) is 0. The van der Waals surface area contributed by atoms with E-state index < -0.39 is 17.2 Å². The van der Waals surface area contributed by atoms with Gasteiger partial charge in [-0.15, -0.1) is 0 Å². The lowest BCUT2D eigenvalue weighted by molar-refractivity contribution is 0.0445. The quantitative estimate of drug-likeness (QED) is 0.821. The van der Waals surface area contributed by atoms with Crippen LogP contribution in [0.4, 0.5) is 8.78 Å². The molecule has 0 bridgehead atoms. The molecular formula is C13H16F2O. The van der Waals surface area contributed by atoms with Crippen LogP contribution in [0.2, 0.25) is 0 Å². The Bertz CT molecular complexity index is 392. The maximum Gasteiger partial charge on any atom is 0.159 e. The highest BCUT2D eigenvalue weighted by molar-refractivity contribution is 5.20. The lowest BCUT2D eigenvalue weighted by Gasteiger charge is -2.22. The molecule has 1 N–H and O–H groups in total. The van der Waals surface area contributed by atoms with Gasteiger partial charge in [0.15, 0.2) is 11.6 Å². The molecule has 1 saturated carbocycles. The maximum absolute atomic E-state index is 13.0. The molecule has 0 heterocycles. The van der Waals surface area contributed by atoms with Gasteiger partial charge in [-0.05, 0) is 42.9 Å². The largest absolute Gasteiger partial charge is 0.390 e. The fourth-order valence-corrected chi connectivity index (χ4v) is 2.56. The first-order chi connectivity index (χ1) is 7.48. The van der Waals surface area contributed by atoms with Crippen LogP contribution in [0.25, 0.3) is 0 Å². The third kappa shape index (κ3) is 2.40. The predicted molar refractivity (Wildman–Crippen MR) is 58.0 cm³/mol. The second kappa shape index (κ2) is 4.13. The topological polar surface area (TPSA) is 20.2 Å². The molecule has 1 aliphatic rings. The Labute approximate surface area is 94.1 Å². The third-order valence-corrected chi connectivity index (χ3v) is 3.35. The summed E-state index contributed by atoms with van der Waals surface area (Å²) in [5.41, 5.74) is -0.0700. The van der Waals surface area contributed by atoms with Gasteiger partial charge in [0.1, 0.15) is 0 Å². The van der Waals surface area contributed by atoms with Gasteiger partial charge in [-0.3, -0.25) is 0 Å². The fourth-order valence-electron chi connectivity index (χ4n) is 2.56. The summed E-state index contributed by atoms with van der Waals surface area (Å²) >= 11 is 0. The smallest absolute Gasteiger partial charge is 0.159 e. The molecule has 2 rings (SSSR count). The number of hydrogen-bond donors (Lipinski definition) is 1. The summed E-state index contributed by atoms with van der Waals surface area (Å²) in [5, 5.41) is 10.3. The molecular weight excluding hydrogens is 210 g/mol. The second-order valence-corrected chi connectivity index (χ2v) is 5.00. The van der Waals surface area contributed by atoms with Crippen molar-refractivity contribution in [3.8, 4) is 0 Å². The van der Waals surface area contributed by atoms with Crippen molar-refractivity contribution in [3.05, 3.63) is 35.4 Å². The average Bonchev–Trinajstić information content (AvgIpc) is 2.52. The molecule has 1 aromatic carbocycles. The first-order valence-electron chi connectivity index (χ1n) is 5.65. The van der Waals surface area contributed by atoms with Gasteiger partial charge in [0.05, 0.1) is 5.60 Å². The Morgan fingerprint density at radius 3 is 2.69 bits per heavy atom. The average molecular weight is 226 g/mol. The molecule has 0 radical (unpaired) electrons. The fraction of sp³-hybridized carbons (Fsp3) is 0.538. The van der Waals surface area contributed by atoms with Crippen LogP contribution in [-0.4, -0.2) is 10.7 Å². The van der Waals surface area contributed by atoms with Gasteiger partial charge in [-0.1, -0.05) is 13.0 Å². The van der Waals surface area contributed by atoms with Crippen LogP contribution in [0, 0.1) is 17.6 Å². The number of benzene rings is 1. The van der Waals surface area contributed by atoms with Crippen LogP contribution in [-0.2, 0) is 6.42 Å². The molecule has 1 nitrogen and oxygen atoms in total. The summed E-state index contributed by atoms with van der Waals surface area (Å²) in [6.07, 6.45) is 2.90. The van der Waals surface area contributed by atoms with Gasteiger partial charge in [0, 0.05) is 6.42 Å². The Balaban J connectivity index is 2.12. The van der Waals surface area contributed by atoms with Gasteiger partial charge in [-0.25, -0.2) is 8.78 Å². The van der Waals surface area contributed by atoms with Crippen molar-refractivity contribution in [2.24, 2.45) is 5.92 Å². The third-order valence-electron chi connectivity index (χ3n) is 3.35. The highest BCUT2D eigenvalue weighted by Gasteiger charge is 2.35. The SMILES string of the molecule is CC1CCC(O)(Cc2ccc(F)c(F)c2)C1. The van der Waals surface area contributed by atoms with Gasteiger partial charge in [-0.2, -0.15) is 0 Å². The Kier molecular flexibility index (Phi) is 2.98. The predicted octanol–water partition coefficient (Wildman–Crippen LogP) is 3.06. The zero-order valence-electron chi connectivity index (χ0n) is 9.34. The highest BCUT2D eigenvalue weighted by Crippen LogP contribution is 2.36. The van der Waals surface area contributed by atoms with E-state index in [1.807, 2.05) is 0 Å². The molecule has 0 amide bonds. The van der Waals surface area contributed by atoms with Crippen LogP contribution in [0.3, 0.4) is 0 Å². The Hall–Kier alpha value is -0.960. The monoisotopic (exact) mass is 226 g/mol. The molecule has 0 saturated heterocycles. The summed E-state index contributed by atoms with van der Waals surface area (Å²) < 4.78 is 25.7. The van der Waals surface area contributed by atoms with E-state index in [9.17, 15) is 13.9 Å². The minimum atomic E-state index is -0.841. The van der Waals surface area contributed by atoms with Crippen LogP contribution in [0.5, 0.6) is 0 Å². The minimum absolute atomic E-state index is 0.411. The molecule has 88 valence electrons. The first-order valence-corrected chi connectivity index (χ1v) is 5.65. The first kappa shape index (κ1) is 11.5. The number of aliphatic hydroxyl groups is 1. The lowest BCUT2D eigenvalue weighted by Crippen LogP contribution is -2.27. The summed E-state index contributed by atoms with van der Waals surface area (Å²) in [6.45, 7) is 2.10. The van der Waals surface area contributed by atoms with E-state index in [1.54, 1.807) is 6.07 Å². The molecule has 2 atom stereocenters. The van der Waals surface area contributed by atoms with E-state index in [0.717, 1.165) is 25.3 Å². The zero-order chi connectivity index (χ0) is 11.8. The van der Waals surface area contributed by atoms with Crippen molar-refractivity contribution < 1.29 is 13.9 Å². The molecule has 16 heavy (non-hydrogen) atoms. The highest BCUT2D eigenvalue weighted by atomic mass is 19.2. The number of rotatable bonds is 2. The molecule has 0 aliphatic heterocycles. The van der Waals surface area contributed by atoms with E-state index in [1.165, 1.54) is 6.07 Å². The van der Waals surface area contributed by atoms with Crippen molar-refractivity contribution in [3.63, 3.8) is 0 Å². The second-order valence-electron chi connectivity index (χ2n) is 5.00. The van der Waals surface area contributed by atoms with E-state index in [4.69, 9.17) is 0 Å². The minimum Gasteiger partial charge on any atom is -0.390 e. The Morgan fingerprint density at radius 1 is 1.38 bits per heavy atom. The van der Waals surface area contributed by atoms with E-state index in [2.05, 4.69) is 6.92 Å². The maximum atomic E-state index is 13.0. The molecule has 1 fully saturated rings. The van der Waals surface area contributed by atoms with E-state index in [-0.39, 0.29) is 0 Å². The van der Waals surface area contributed by atoms with Gasteiger partial charge in [0.25, 0.3) is 0 Å². The molecule has 1 aromatic rings. The standard InChI is InChI=1S/C13H16F2O/c1-9-4-5-13(16,7-9)8-10-2-3-11(14)12(15)6-10/h2-3,6,9,16H,4-5,7-8H2,1H3. The molecule has 2 unspecified atom stereocenters. The molecule has 3 heteroatoms. The lowest BCUT2D eigenvalue weighted by atomic mass is 9.92. The van der Waals surface area contributed by atoms with Crippen molar-refractivity contribution >= 4 is 0 Å². The van der Waals surface area contributed by atoms with Gasteiger partial charge >= 0.3 is 0 Å². The van der Waals surface area contributed by atoms with Crippen molar-refractivity contribution in [1.29, 1.82) is 0 Å². The van der Waals surface area contributed by atoms with Crippen LogP contribution in [0.15, 0.2) is 18.2 Å². The number of halogens is 2. The van der Waals surface area contributed by atoms with E-state index >= 15 is 0 Å². The van der Waals surface area contributed by atoms with Crippen LogP contribution >= 0.6 is 0 Å².